The van der Waals surface area contributed by atoms with Gasteiger partial charge in [-0.25, -0.2) is 5.01 Å². The Morgan fingerprint density at radius 1 is 0.476 bits per heavy atom. The van der Waals surface area contributed by atoms with Crippen LogP contribution in [0.25, 0.3) is 0 Å². The highest BCUT2D eigenvalue weighted by Gasteiger charge is 2.16. The van der Waals surface area contributed by atoms with Gasteiger partial charge in [-0.2, -0.15) is 0 Å². The standard InChI is InChI=1S/C38H72N2O2/c1-3-5-7-9-11-13-15-17-19-21-23-28-32-37(41)34-40(39-36-30-26-25-27-31-36)35-38(42)33-29-24-22-20-18-16-14-12-10-8-6-4-2/h25-27,30-31,37-39,41-42H,3-24,28-29,32-35H2,1-2H3. The maximum absolute atomic E-state index is 10.8. The Kier molecular flexibility index (Phi) is 27.8. The minimum Gasteiger partial charge on any atom is -0.392 e. The number of benzene rings is 1. The van der Waals surface area contributed by atoms with Crippen LogP contribution in [0.2, 0.25) is 0 Å². The van der Waals surface area contributed by atoms with Gasteiger partial charge >= 0.3 is 0 Å². The van der Waals surface area contributed by atoms with Crippen LogP contribution in [0, 0.1) is 0 Å². The van der Waals surface area contributed by atoms with E-state index in [0.29, 0.717) is 13.1 Å². The molecule has 0 spiro atoms. The molecule has 4 heteroatoms. The van der Waals surface area contributed by atoms with Crippen LogP contribution in [-0.4, -0.2) is 40.5 Å². The van der Waals surface area contributed by atoms with E-state index in [2.05, 4.69) is 19.3 Å². The number of para-hydroxylation sites is 1. The van der Waals surface area contributed by atoms with Crippen molar-refractivity contribution in [3.05, 3.63) is 30.3 Å². The van der Waals surface area contributed by atoms with Gasteiger partial charge in [0.2, 0.25) is 0 Å². The summed E-state index contributed by atoms with van der Waals surface area (Å²) < 4.78 is 0. The van der Waals surface area contributed by atoms with Crippen LogP contribution in [0.5, 0.6) is 0 Å². The zero-order valence-electron chi connectivity index (χ0n) is 28.2. The van der Waals surface area contributed by atoms with Crippen molar-refractivity contribution in [1.29, 1.82) is 0 Å². The summed E-state index contributed by atoms with van der Waals surface area (Å²) in [5.74, 6) is 0. The second-order valence-corrected chi connectivity index (χ2v) is 13.0. The van der Waals surface area contributed by atoms with Gasteiger partial charge in [0.15, 0.2) is 0 Å². The topological polar surface area (TPSA) is 55.7 Å². The number of nitrogens with zero attached hydrogens (tertiary/aromatic N) is 1. The summed E-state index contributed by atoms with van der Waals surface area (Å²) in [5.41, 5.74) is 4.45. The lowest BCUT2D eigenvalue weighted by Gasteiger charge is -2.28. The number of aliphatic hydroxyl groups excluding tert-OH is 2. The summed E-state index contributed by atoms with van der Waals surface area (Å²) in [6.45, 7) is 5.65. The Morgan fingerprint density at radius 2 is 0.786 bits per heavy atom. The lowest BCUT2D eigenvalue weighted by atomic mass is 10.0. The van der Waals surface area contributed by atoms with E-state index in [9.17, 15) is 10.2 Å². The molecule has 0 heterocycles. The van der Waals surface area contributed by atoms with Gasteiger partial charge in [-0.15, -0.1) is 0 Å². The molecule has 0 aliphatic rings. The zero-order valence-corrected chi connectivity index (χ0v) is 28.2. The van der Waals surface area contributed by atoms with E-state index in [4.69, 9.17) is 0 Å². The fourth-order valence-corrected chi connectivity index (χ4v) is 5.99. The summed E-state index contributed by atoms with van der Waals surface area (Å²) in [7, 11) is 0. The highest BCUT2D eigenvalue weighted by Crippen LogP contribution is 2.16. The largest absolute Gasteiger partial charge is 0.392 e. The number of hydrogen-bond acceptors (Lipinski definition) is 4. The Morgan fingerprint density at radius 3 is 1.12 bits per heavy atom. The molecule has 0 aliphatic heterocycles. The molecule has 2 unspecified atom stereocenters. The van der Waals surface area contributed by atoms with Gasteiger partial charge in [-0.05, 0) is 25.0 Å². The van der Waals surface area contributed by atoms with E-state index < -0.39 is 0 Å². The first-order valence-electron chi connectivity index (χ1n) is 18.6. The zero-order chi connectivity index (χ0) is 30.4. The molecule has 4 nitrogen and oxygen atoms in total. The molecule has 2 atom stereocenters. The van der Waals surface area contributed by atoms with Crippen molar-refractivity contribution >= 4 is 5.69 Å². The Balaban J connectivity index is 2.17. The van der Waals surface area contributed by atoms with Gasteiger partial charge in [-0.1, -0.05) is 186 Å². The summed E-state index contributed by atoms with van der Waals surface area (Å²) in [6.07, 6.45) is 33.0. The summed E-state index contributed by atoms with van der Waals surface area (Å²) in [5, 5.41) is 23.6. The number of nitrogens with one attached hydrogen (secondary N) is 1. The quantitative estimate of drug-likeness (QED) is 0.0579. The predicted octanol–water partition coefficient (Wildman–Crippen LogP) is 11.2. The molecule has 1 aromatic carbocycles. The van der Waals surface area contributed by atoms with Crippen LogP contribution in [0.3, 0.4) is 0 Å². The average Bonchev–Trinajstić information content (AvgIpc) is 2.98. The number of hydrazine groups is 1. The first kappa shape index (κ1) is 38.9. The third-order valence-corrected chi connectivity index (χ3v) is 8.71. The summed E-state index contributed by atoms with van der Waals surface area (Å²) >= 11 is 0. The molecule has 0 bridgehead atoms. The van der Waals surface area contributed by atoms with E-state index in [1.807, 2.05) is 35.3 Å². The Bertz CT molecular complexity index is 620. The molecule has 0 saturated carbocycles. The van der Waals surface area contributed by atoms with Crippen molar-refractivity contribution in [3.63, 3.8) is 0 Å². The first-order chi connectivity index (χ1) is 20.7. The molecule has 0 aliphatic carbocycles. The molecule has 1 aromatic rings. The summed E-state index contributed by atoms with van der Waals surface area (Å²) in [4.78, 5) is 0. The van der Waals surface area contributed by atoms with Gasteiger partial charge in [0, 0.05) is 18.8 Å². The van der Waals surface area contributed by atoms with Crippen LogP contribution >= 0.6 is 0 Å². The normalized spacial score (nSPS) is 13.1. The van der Waals surface area contributed by atoms with Crippen molar-refractivity contribution in [2.75, 3.05) is 18.5 Å². The molecule has 0 fully saturated rings. The highest BCUT2D eigenvalue weighted by molar-refractivity contribution is 5.41. The second kappa shape index (κ2) is 29.9. The third kappa shape index (κ3) is 25.4. The number of unbranched alkanes of at least 4 members (excludes halogenated alkanes) is 22. The van der Waals surface area contributed by atoms with E-state index in [-0.39, 0.29) is 12.2 Å². The molecule has 42 heavy (non-hydrogen) atoms. The van der Waals surface area contributed by atoms with Crippen molar-refractivity contribution in [1.82, 2.24) is 5.01 Å². The predicted molar refractivity (Wildman–Crippen MR) is 185 cm³/mol. The van der Waals surface area contributed by atoms with Crippen molar-refractivity contribution in [2.24, 2.45) is 0 Å². The van der Waals surface area contributed by atoms with Gasteiger partial charge in [-0.3, -0.25) is 0 Å². The van der Waals surface area contributed by atoms with E-state index in [0.717, 1.165) is 31.4 Å². The maximum atomic E-state index is 10.8. The monoisotopic (exact) mass is 589 g/mol. The molecule has 0 saturated heterocycles. The van der Waals surface area contributed by atoms with Crippen molar-refractivity contribution < 1.29 is 10.2 Å². The van der Waals surface area contributed by atoms with Gasteiger partial charge in [0.25, 0.3) is 0 Å². The molecular formula is C38H72N2O2. The third-order valence-electron chi connectivity index (χ3n) is 8.71. The number of anilines is 1. The van der Waals surface area contributed by atoms with E-state index in [1.54, 1.807) is 0 Å². The average molecular weight is 589 g/mol. The number of hydrogen-bond donors (Lipinski definition) is 3. The summed E-state index contributed by atoms with van der Waals surface area (Å²) in [6, 6.07) is 10.1. The molecule has 0 aromatic heterocycles. The minimum atomic E-state index is -0.372. The number of aliphatic hydroxyl groups is 2. The van der Waals surface area contributed by atoms with Crippen LogP contribution in [0.1, 0.15) is 181 Å². The van der Waals surface area contributed by atoms with Gasteiger partial charge in [0.1, 0.15) is 0 Å². The Labute approximate surface area is 262 Å². The SMILES string of the molecule is CCCCCCCCCCCCCCC(O)CN(CC(O)CCCCCCCCCCCCCC)Nc1ccccc1. The van der Waals surface area contributed by atoms with E-state index in [1.165, 1.54) is 141 Å². The first-order valence-corrected chi connectivity index (χ1v) is 18.6. The van der Waals surface area contributed by atoms with Crippen LogP contribution in [0.4, 0.5) is 5.69 Å². The van der Waals surface area contributed by atoms with Crippen molar-refractivity contribution in [3.8, 4) is 0 Å². The maximum Gasteiger partial charge on any atom is 0.0685 e. The van der Waals surface area contributed by atoms with E-state index >= 15 is 0 Å². The number of rotatable bonds is 32. The lowest BCUT2D eigenvalue weighted by molar-refractivity contribution is 0.0730. The fraction of sp³-hybridized carbons (Fsp3) is 0.842. The minimum absolute atomic E-state index is 0.372. The van der Waals surface area contributed by atoms with Crippen LogP contribution in [0.15, 0.2) is 30.3 Å². The molecule has 0 amide bonds. The van der Waals surface area contributed by atoms with Crippen LogP contribution < -0.4 is 5.43 Å². The van der Waals surface area contributed by atoms with Gasteiger partial charge < -0.3 is 15.6 Å². The fourth-order valence-electron chi connectivity index (χ4n) is 5.99. The smallest absolute Gasteiger partial charge is 0.0685 e. The van der Waals surface area contributed by atoms with Crippen molar-refractivity contribution in [2.45, 2.75) is 193 Å². The molecule has 3 N–H and O–H groups in total. The lowest BCUT2D eigenvalue weighted by Crippen LogP contribution is -2.41. The molecular weight excluding hydrogens is 516 g/mol. The molecule has 1 rings (SSSR count). The van der Waals surface area contributed by atoms with Crippen LogP contribution in [-0.2, 0) is 0 Å². The highest BCUT2D eigenvalue weighted by atomic mass is 16.3. The van der Waals surface area contributed by atoms with Gasteiger partial charge in [0.05, 0.1) is 12.2 Å². The Hall–Kier alpha value is -1.10. The molecule has 246 valence electrons. The second-order valence-electron chi connectivity index (χ2n) is 13.0. The molecule has 0 radical (unpaired) electrons.